The molecule has 0 radical (unpaired) electrons. The van der Waals surface area contributed by atoms with E-state index in [-0.39, 0.29) is 60.7 Å². The minimum absolute atomic E-state index is 0.0176. The van der Waals surface area contributed by atoms with Crippen molar-refractivity contribution in [2.24, 2.45) is 0 Å². The topological polar surface area (TPSA) is 178 Å². The third kappa shape index (κ3) is 8.97. The number of halogens is 9. The average molecular weight is 785 g/mol. The van der Waals surface area contributed by atoms with E-state index >= 15 is 0 Å². The molecule has 1 amide bonds. The van der Waals surface area contributed by atoms with Crippen molar-refractivity contribution in [3.8, 4) is 6.07 Å². The van der Waals surface area contributed by atoms with Crippen LogP contribution in [0.2, 0.25) is 5.02 Å². The molecule has 1 aromatic heterocycles. The molecule has 1 aliphatic carbocycles. The minimum Gasteiger partial charge on any atom is -0.478 e. The zero-order valence-corrected chi connectivity index (χ0v) is 27.6. The lowest BCUT2D eigenvalue weighted by Gasteiger charge is -2.27. The molecule has 14 nitrogen and oxygen atoms in total. The number of carboxylic acid groups (broad SMARTS) is 1. The molecule has 0 atom stereocenters. The van der Waals surface area contributed by atoms with Crippen LogP contribution in [0.3, 0.4) is 0 Å². The first-order chi connectivity index (χ1) is 24.6. The van der Waals surface area contributed by atoms with Crippen LogP contribution in [0.1, 0.15) is 46.4 Å². The number of carbonyl (C=O) groups is 4. The zero-order chi connectivity index (χ0) is 39.5. The second-order valence-electron chi connectivity index (χ2n) is 11.3. The second kappa shape index (κ2) is 15.3. The summed E-state index contributed by atoms with van der Waals surface area (Å²) in [5, 5.41) is 24.1. The van der Waals surface area contributed by atoms with Gasteiger partial charge < -0.3 is 19.3 Å². The van der Waals surface area contributed by atoms with E-state index in [4.69, 9.17) is 30.9 Å². The van der Waals surface area contributed by atoms with Gasteiger partial charge in [-0.25, -0.2) is 19.4 Å². The van der Waals surface area contributed by atoms with Gasteiger partial charge in [0.25, 0.3) is 5.91 Å². The van der Waals surface area contributed by atoms with Gasteiger partial charge in [0.05, 0.1) is 29.9 Å². The number of hydrogen-bond donors (Lipinski definition) is 2. The maximum Gasteiger partial charge on any atom is 0.510 e. The third-order valence-electron chi connectivity index (χ3n) is 7.65. The van der Waals surface area contributed by atoms with E-state index in [1.807, 2.05) is 6.07 Å². The maximum absolute atomic E-state index is 14.1. The molecule has 0 bridgehead atoms. The average Bonchev–Trinajstić information content (AvgIpc) is 3.54. The van der Waals surface area contributed by atoms with Gasteiger partial charge in [0.2, 0.25) is 0 Å². The fraction of sp³-hybridized carbons (Fsp3) is 0.400. The molecule has 2 aromatic rings. The monoisotopic (exact) mass is 784 g/mol. The molecule has 4 rings (SSSR count). The van der Waals surface area contributed by atoms with Crippen LogP contribution in [-0.4, -0.2) is 94.5 Å². The summed E-state index contributed by atoms with van der Waals surface area (Å²) in [4.78, 5) is 48.6. The molecule has 286 valence electrons. The van der Waals surface area contributed by atoms with Gasteiger partial charge in [-0.1, -0.05) is 17.7 Å². The molecule has 0 saturated heterocycles. The summed E-state index contributed by atoms with van der Waals surface area (Å²) in [6.45, 7) is -1.64. The number of carbonyl (C=O) groups excluding carboxylic acids is 3. The summed E-state index contributed by atoms with van der Waals surface area (Å²) in [6.07, 6.45) is -10.8. The molecule has 1 aromatic carbocycles. The van der Waals surface area contributed by atoms with E-state index in [0.29, 0.717) is 17.2 Å². The van der Waals surface area contributed by atoms with Crippen LogP contribution in [0.25, 0.3) is 5.57 Å². The normalized spacial score (nSPS) is 15.9. The smallest absolute Gasteiger partial charge is 0.478 e. The fourth-order valence-electron chi connectivity index (χ4n) is 4.84. The van der Waals surface area contributed by atoms with Crippen molar-refractivity contribution >= 4 is 47.0 Å². The molecule has 0 unspecified atom stereocenters. The third-order valence-corrected chi connectivity index (χ3v) is 7.98. The number of nitriles is 1. The number of H-pyrrole nitrogens is 1. The number of aromatic nitrogens is 2. The Morgan fingerprint density at radius 3 is 2.32 bits per heavy atom. The molecular formula is C30H25ClF8N6O8. The maximum atomic E-state index is 14.1. The van der Waals surface area contributed by atoms with Gasteiger partial charge >= 0.3 is 36.4 Å². The van der Waals surface area contributed by atoms with Gasteiger partial charge in [-0.05, 0) is 36.1 Å². The number of esters is 1. The molecule has 1 aliphatic heterocycles. The van der Waals surface area contributed by atoms with Gasteiger partial charge in [-0.3, -0.25) is 19.8 Å². The lowest BCUT2D eigenvalue weighted by atomic mass is 10.0. The Balaban J connectivity index is 1.52. The molecule has 23 heteroatoms. The van der Waals surface area contributed by atoms with Gasteiger partial charge in [0, 0.05) is 38.4 Å². The van der Waals surface area contributed by atoms with Crippen LogP contribution in [-0.2, 0) is 35.9 Å². The van der Waals surface area contributed by atoms with Crippen molar-refractivity contribution in [3.63, 3.8) is 0 Å². The summed E-state index contributed by atoms with van der Waals surface area (Å²) in [7, 11) is 1.19. The summed E-state index contributed by atoms with van der Waals surface area (Å²) in [5.41, 5.74) is -6.26. The number of hydrazine groups is 1. The van der Waals surface area contributed by atoms with Gasteiger partial charge in [0.1, 0.15) is 16.8 Å². The van der Waals surface area contributed by atoms with Crippen LogP contribution >= 0.6 is 11.6 Å². The highest BCUT2D eigenvalue weighted by atomic mass is 35.5. The first kappa shape index (κ1) is 40.3. The van der Waals surface area contributed by atoms with E-state index in [1.54, 1.807) is 0 Å². The van der Waals surface area contributed by atoms with Crippen LogP contribution < -0.4 is 5.01 Å². The Hall–Kier alpha value is -5.43. The van der Waals surface area contributed by atoms with E-state index in [9.17, 15) is 59.6 Å². The number of carboxylic acids is 1. The highest BCUT2D eigenvalue weighted by molar-refractivity contribution is 6.34. The molecule has 2 heterocycles. The largest absolute Gasteiger partial charge is 0.510 e. The number of aliphatic carboxylic acids is 1. The number of anilines is 1. The van der Waals surface area contributed by atoms with Gasteiger partial charge in [-0.15, -0.1) is 0 Å². The predicted molar refractivity (Wildman–Crippen MR) is 161 cm³/mol. The lowest BCUT2D eigenvalue weighted by molar-refractivity contribution is -0.292. The number of amides is 1. The Kier molecular flexibility index (Phi) is 11.6. The van der Waals surface area contributed by atoms with Gasteiger partial charge in [-0.2, -0.15) is 45.5 Å². The van der Waals surface area contributed by atoms with Crippen LogP contribution in [0.15, 0.2) is 36.6 Å². The van der Waals surface area contributed by atoms with Crippen molar-refractivity contribution in [2.75, 3.05) is 38.5 Å². The standard InChI is InChI=1S/C30H25ClF8N6O8/c1-43-12-17(13-45(43)24-22(29(34,35)36)23(41-42-24)28(32,33)30(37,38)39)16-3-4-19(31)18(11-16)25(49)44(27(14-40)7-8-27)15-53-26(50)52-10-2-9-51-21(48)6-5-20(46)47/h3-6,11,13H,2,7-10,12,15H2,1H3,(H,41,42)(H,46,47)/b6-5+. The number of nitrogens with zero attached hydrogens (tertiary/aromatic N) is 5. The number of likely N-dealkylation sites (N-methyl/N-ethyl adjacent to an activating group) is 1. The predicted octanol–water partition coefficient (Wildman–Crippen LogP) is 5.63. The Morgan fingerprint density at radius 2 is 1.74 bits per heavy atom. The van der Waals surface area contributed by atoms with Crippen LogP contribution in [0, 0.1) is 11.3 Å². The zero-order valence-electron chi connectivity index (χ0n) is 26.9. The highest BCUT2D eigenvalue weighted by Gasteiger charge is 2.63. The van der Waals surface area contributed by atoms with E-state index in [0.717, 1.165) is 16.1 Å². The molecule has 0 spiro atoms. The minimum atomic E-state index is -6.38. The number of rotatable bonds is 13. The summed E-state index contributed by atoms with van der Waals surface area (Å²) in [5.74, 6) is -10.5. The molecule has 1 fully saturated rings. The lowest BCUT2D eigenvalue weighted by Crippen LogP contribution is -2.43. The fourth-order valence-corrected chi connectivity index (χ4v) is 5.04. The molecule has 2 aliphatic rings. The SMILES string of the molecule is CN1CC(c2ccc(Cl)c(C(=O)N(COC(=O)OCCCOC(=O)/C=C/C(=O)O)C3(C#N)CC3)c2)=CN1c1n[nH]c(C(F)(F)C(F)(F)F)c1C(F)(F)F. The first-order valence-electron chi connectivity index (χ1n) is 14.8. The van der Waals surface area contributed by atoms with Crippen LogP contribution in [0.4, 0.5) is 45.7 Å². The Labute approximate surface area is 297 Å². The number of nitrogens with one attached hydrogen (secondary N) is 1. The van der Waals surface area contributed by atoms with Crippen molar-refractivity contribution in [1.29, 1.82) is 5.26 Å². The summed E-state index contributed by atoms with van der Waals surface area (Å²) < 4.78 is 124. The van der Waals surface area contributed by atoms with Crippen molar-refractivity contribution in [2.45, 2.75) is 43.1 Å². The first-order valence-corrected chi connectivity index (χ1v) is 15.2. The second-order valence-corrected chi connectivity index (χ2v) is 11.7. The van der Waals surface area contributed by atoms with E-state index < -0.39 is 71.6 Å². The van der Waals surface area contributed by atoms with Crippen molar-refractivity contribution < 1.29 is 73.6 Å². The quantitative estimate of drug-likeness (QED) is 0.0843. The van der Waals surface area contributed by atoms with E-state index in [2.05, 4.69) is 5.10 Å². The highest BCUT2D eigenvalue weighted by Crippen LogP contribution is 2.50. The number of benzene rings is 1. The van der Waals surface area contributed by atoms with Gasteiger partial charge in [0.15, 0.2) is 12.5 Å². The van der Waals surface area contributed by atoms with Crippen molar-refractivity contribution in [1.82, 2.24) is 20.1 Å². The Morgan fingerprint density at radius 1 is 1.08 bits per heavy atom. The number of hydrogen-bond acceptors (Lipinski definition) is 11. The number of ether oxygens (including phenoxy) is 3. The summed E-state index contributed by atoms with van der Waals surface area (Å²) >= 11 is 6.31. The number of aromatic amines is 1. The van der Waals surface area contributed by atoms with E-state index in [1.165, 1.54) is 30.3 Å². The van der Waals surface area contributed by atoms with Crippen LogP contribution in [0.5, 0.6) is 0 Å². The molecular weight excluding hydrogens is 760 g/mol. The molecule has 2 N–H and O–H groups in total. The van der Waals surface area contributed by atoms with Crippen molar-refractivity contribution in [3.05, 3.63) is 64.0 Å². The number of alkyl halides is 8. The molecule has 53 heavy (non-hydrogen) atoms. The Bertz CT molecular complexity index is 1870. The summed E-state index contributed by atoms with van der Waals surface area (Å²) in [6, 6.07) is 5.73. The molecule has 1 saturated carbocycles.